The molecule has 0 aliphatic carbocycles. The molecule has 202 valence electrons. The maximum Gasteiger partial charge on any atom is 0.338 e. The highest BCUT2D eigenvalue weighted by molar-refractivity contribution is 5.95. The summed E-state index contributed by atoms with van der Waals surface area (Å²) in [5, 5.41) is 2.77. The van der Waals surface area contributed by atoms with Crippen molar-refractivity contribution in [1.29, 1.82) is 0 Å². The number of halogens is 2. The molecule has 2 aromatic carbocycles. The Hall–Kier alpha value is -3.79. The van der Waals surface area contributed by atoms with E-state index in [-0.39, 0.29) is 36.2 Å². The number of nitrogens with zero attached hydrogens (tertiary/aromatic N) is 3. The molecule has 1 saturated heterocycles. The molecular formula is C28H32F2N4O4. The predicted molar refractivity (Wildman–Crippen MR) is 137 cm³/mol. The predicted octanol–water partition coefficient (Wildman–Crippen LogP) is 3.71. The van der Waals surface area contributed by atoms with Crippen LogP contribution in [0.4, 0.5) is 13.6 Å². The van der Waals surface area contributed by atoms with Gasteiger partial charge in [0.1, 0.15) is 11.6 Å². The van der Waals surface area contributed by atoms with E-state index in [1.165, 1.54) is 35.2 Å². The molecule has 0 spiro atoms. The van der Waals surface area contributed by atoms with Crippen molar-refractivity contribution in [3.05, 3.63) is 82.6 Å². The van der Waals surface area contributed by atoms with Gasteiger partial charge in [-0.3, -0.25) is 14.6 Å². The van der Waals surface area contributed by atoms with Crippen molar-refractivity contribution in [2.24, 2.45) is 0 Å². The summed E-state index contributed by atoms with van der Waals surface area (Å²) in [5.74, 6) is -1.75. The van der Waals surface area contributed by atoms with Gasteiger partial charge in [0.2, 0.25) is 0 Å². The Bertz CT molecular complexity index is 1230. The van der Waals surface area contributed by atoms with Crippen LogP contribution >= 0.6 is 0 Å². The summed E-state index contributed by atoms with van der Waals surface area (Å²) in [5.41, 5.74) is 1.23. The first-order chi connectivity index (χ1) is 18.2. The molecule has 2 aliphatic heterocycles. The molecule has 4 rings (SSSR count). The molecule has 0 aromatic heterocycles. The monoisotopic (exact) mass is 526 g/mol. The van der Waals surface area contributed by atoms with E-state index in [9.17, 15) is 23.2 Å². The van der Waals surface area contributed by atoms with Crippen LogP contribution in [0.1, 0.15) is 42.7 Å². The quantitative estimate of drug-likeness (QED) is 0.557. The fraction of sp³-hybridized carbons (Fsp3) is 0.393. The average Bonchev–Trinajstić information content (AvgIpc) is 2.89. The standard InChI is InChI=1S/C28H32F2N4O4/c1-4-33-23(17-32-14-15-34(18(3)16-32)26(35)19-10-12-20(29)13-11-19)24(27(36)38-5-2)25(31-28(33)37)21-8-6-7-9-22(21)30/h6-13,18,25H,4-5,14-17H2,1-3H3,(H,31,37). The van der Waals surface area contributed by atoms with Crippen molar-refractivity contribution in [3.63, 3.8) is 0 Å². The molecule has 8 nitrogen and oxygen atoms in total. The first-order valence-electron chi connectivity index (χ1n) is 12.8. The minimum atomic E-state index is -1.00. The van der Waals surface area contributed by atoms with E-state index in [4.69, 9.17) is 4.74 Å². The molecule has 2 heterocycles. The lowest BCUT2D eigenvalue weighted by Gasteiger charge is -2.43. The smallest absolute Gasteiger partial charge is 0.338 e. The van der Waals surface area contributed by atoms with Crippen LogP contribution in [0, 0.1) is 11.6 Å². The second-order valence-corrected chi connectivity index (χ2v) is 9.32. The lowest BCUT2D eigenvalue weighted by molar-refractivity contribution is -0.139. The largest absolute Gasteiger partial charge is 0.463 e. The van der Waals surface area contributed by atoms with Crippen LogP contribution in [0.2, 0.25) is 0 Å². The number of rotatable bonds is 7. The molecule has 3 amide bonds. The fourth-order valence-electron chi connectivity index (χ4n) is 5.05. The molecular weight excluding hydrogens is 494 g/mol. The number of hydrogen-bond donors (Lipinski definition) is 1. The Morgan fingerprint density at radius 3 is 2.39 bits per heavy atom. The number of urea groups is 1. The van der Waals surface area contributed by atoms with E-state index in [1.54, 1.807) is 36.9 Å². The van der Waals surface area contributed by atoms with E-state index in [2.05, 4.69) is 10.2 Å². The molecule has 0 radical (unpaired) electrons. The lowest BCUT2D eigenvalue weighted by Crippen LogP contribution is -2.56. The van der Waals surface area contributed by atoms with Crippen molar-refractivity contribution < 1.29 is 27.9 Å². The van der Waals surface area contributed by atoms with Crippen LogP contribution in [0.3, 0.4) is 0 Å². The van der Waals surface area contributed by atoms with Crippen LogP contribution in [0.15, 0.2) is 59.8 Å². The Morgan fingerprint density at radius 1 is 1.05 bits per heavy atom. The number of hydrogen-bond acceptors (Lipinski definition) is 5. The van der Waals surface area contributed by atoms with Gasteiger partial charge in [0, 0.05) is 55.6 Å². The third kappa shape index (κ3) is 5.55. The zero-order valence-corrected chi connectivity index (χ0v) is 21.7. The molecule has 0 bridgehead atoms. The number of nitrogens with one attached hydrogen (secondary N) is 1. The third-order valence-corrected chi connectivity index (χ3v) is 6.90. The van der Waals surface area contributed by atoms with Crippen molar-refractivity contribution >= 4 is 17.9 Å². The molecule has 1 fully saturated rings. The topological polar surface area (TPSA) is 82.2 Å². The first-order valence-corrected chi connectivity index (χ1v) is 12.8. The average molecular weight is 527 g/mol. The molecule has 10 heteroatoms. The zero-order chi connectivity index (χ0) is 27.4. The lowest BCUT2D eigenvalue weighted by atomic mass is 9.93. The van der Waals surface area contributed by atoms with E-state index in [0.717, 1.165) is 0 Å². The van der Waals surface area contributed by atoms with Crippen LogP contribution in [0.5, 0.6) is 0 Å². The summed E-state index contributed by atoms with van der Waals surface area (Å²) in [6.45, 7) is 7.45. The summed E-state index contributed by atoms with van der Waals surface area (Å²) in [4.78, 5) is 44.6. The highest BCUT2D eigenvalue weighted by atomic mass is 19.1. The van der Waals surface area contributed by atoms with Gasteiger partial charge in [-0.2, -0.15) is 0 Å². The molecule has 2 unspecified atom stereocenters. The van der Waals surface area contributed by atoms with Crippen LogP contribution in [-0.2, 0) is 9.53 Å². The molecule has 1 N–H and O–H groups in total. The van der Waals surface area contributed by atoms with Crippen molar-refractivity contribution in [1.82, 2.24) is 20.0 Å². The van der Waals surface area contributed by atoms with Gasteiger partial charge in [-0.1, -0.05) is 18.2 Å². The number of carbonyl (C=O) groups is 3. The summed E-state index contributed by atoms with van der Waals surface area (Å²) in [6, 6.07) is 9.88. The van der Waals surface area contributed by atoms with Gasteiger partial charge >= 0.3 is 12.0 Å². The number of likely N-dealkylation sites (N-methyl/N-ethyl adjacent to an activating group) is 1. The summed E-state index contributed by atoms with van der Waals surface area (Å²) < 4.78 is 33.5. The number of piperazine rings is 1. The van der Waals surface area contributed by atoms with Crippen LogP contribution in [-0.4, -0.2) is 78.0 Å². The maximum atomic E-state index is 14.8. The third-order valence-electron chi connectivity index (χ3n) is 6.90. The second kappa shape index (κ2) is 11.7. The minimum absolute atomic E-state index is 0.126. The zero-order valence-electron chi connectivity index (χ0n) is 21.7. The number of ether oxygens (including phenoxy) is 1. The fourth-order valence-corrected chi connectivity index (χ4v) is 5.05. The number of benzene rings is 2. The number of esters is 1. The van der Waals surface area contributed by atoms with E-state index in [1.807, 2.05) is 6.92 Å². The van der Waals surface area contributed by atoms with Gasteiger partial charge in [0.25, 0.3) is 5.91 Å². The summed E-state index contributed by atoms with van der Waals surface area (Å²) in [7, 11) is 0. The Balaban J connectivity index is 1.63. The minimum Gasteiger partial charge on any atom is -0.463 e. The van der Waals surface area contributed by atoms with E-state index < -0.39 is 29.7 Å². The summed E-state index contributed by atoms with van der Waals surface area (Å²) in [6.07, 6.45) is 0. The number of carbonyl (C=O) groups excluding carboxylic acids is 3. The van der Waals surface area contributed by atoms with Crippen molar-refractivity contribution in [2.45, 2.75) is 32.9 Å². The summed E-state index contributed by atoms with van der Waals surface area (Å²) >= 11 is 0. The van der Waals surface area contributed by atoms with Crippen molar-refractivity contribution in [3.8, 4) is 0 Å². The van der Waals surface area contributed by atoms with E-state index >= 15 is 0 Å². The highest BCUT2D eigenvalue weighted by Gasteiger charge is 2.40. The molecule has 2 atom stereocenters. The van der Waals surface area contributed by atoms with Crippen molar-refractivity contribution in [2.75, 3.05) is 39.3 Å². The van der Waals surface area contributed by atoms with Crippen LogP contribution in [0.25, 0.3) is 0 Å². The Kier molecular flexibility index (Phi) is 8.41. The Morgan fingerprint density at radius 2 is 1.76 bits per heavy atom. The van der Waals surface area contributed by atoms with Gasteiger partial charge in [0.15, 0.2) is 0 Å². The second-order valence-electron chi connectivity index (χ2n) is 9.32. The highest BCUT2D eigenvalue weighted by Crippen LogP contribution is 2.33. The van der Waals surface area contributed by atoms with E-state index in [0.29, 0.717) is 37.4 Å². The Labute approximate surface area is 220 Å². The molecule has 2 aliphatic rings. The van der Waals surface area contributed by atoms with Crippen LogP contribution < -0.4 is 5.32 Å². The normalized spacial score (nSPS) is 20.4. The molecule has 38 heavy (non-hydrogen) atoms. The van der Waals surface area contributed by atoms with Gasteiger partial charge in [-0.25, -0.2) is 18.4 Å². The first kappa shape index (κ1) is 27.3. The number of amides is 3. The molecule has 0 saturated carbocycles. The van der Waals surface area contributed by atoms with Gasteiger partial charge < -0.3 is 15.0 Å². The maximum absolute atomic E-state index is 14.8. The van der Waals surface area contributed by atoms with Gasteiger partial charge in [-0.15, -0.1) is 0 Å². The SMILES string of the molecule is CCOC(=O)C1=C(CN2CCN(C(=O)c3ccc(F)cc3)C(C)C2)N(CC)C(=O)NC1c1ccccc1F. The van der Waals surface area contributed by atoms with Gasteiger partial charge in [-0.05, 0) is 51.1 Å². The molecule has 2 aromatic rings. The van der Waals surface area contributed by atoms with Gasteiger partial charge in [0.05, 0.1) is 18.2 Å².